The van der Waals surface area contributed by atoms with Gasteiger partial charge in [-0.1, -0.05) is 42.5 Å². The summed E-state index contributed by atoms with van der Waals surface area (Å²) >= 11 is 0. The van der Waals surface area contributed by atoms with Crippen molar-refractivity contribution in [2.45, 2.75) is 11.3 Å². The standard InChI is InChI=1S/C13H12O4S/c14-12-8-4-7-11(13(12)18(15,16)17)9-10-5-2-1-3-6-10/h1-8,14H,9H2,(H,15,16,17). The molecule has 0 heterocycles. The van der Waals surface area contributed by atoms with Gasteiger partial charge in [0.15, 0.2) is 0 Å². The van der Waals surface area contributed by atoms with E-state index in [4.69, 9.17) is 4.55 Å². The quantitative estimate of drug-likeness (QED) is 0.834. The Labute approximate surface area is 105 Å². The molecule has 2 N–H and O–H groups in total. The second-order valence-electron chi connectivity index (χ2n) is 3.90. The van der Waals surface area contributed by atoms with Crippen LogP contribution in [0.25, 0.3) is 0 Å². The van der Waals surface area contributed by atoms with Gasteiger partial charge in [0.2, 0.25) is 0 Å². The van der Waals surface area contributed by atoms with Crippen LogP contribution in [0, 0.1) is 0 Å². The van der Waals surface area contributed by atoms with E-state index in [0.717, 1.165) is 5.56 Å². The van der Waals surface area contributed by atoms with Crippen LogP contribution in [0.1, 0.15) is 11.1 Å². The van der Waals surface area contributed by atoms with Crippen molar-refractivity contribution >= 4 is 10.1 Å². The zero-order valence-corrected chi connectivity index (χ0v) is 10.3. The van der Waals surface area contributed by atoms with E-state index in [1.54, 1.807) is 12.1 Å². The third-order valence-electron chi connectivity index (χ3n) is 2.57. The van der Waals surface area contributed by atoms with Crippen molar-refractivity contribution in [1.82, 2.24) is 0 Å². The van der Waals surface area contributed by atoms with Crippen LogP contribution in [0.2, 0.25) is 0 Å². The molecule has 2 aromatic carbocycles. The smallest absolute Gasteiger partial charge is 0.298 e. The molecule has 5 heteroatoms. The highest BCUT2D eigenvalue weighted by atomic mass is 32.2. The number of benzene rings is 2. The van der Waals surface area contributed by atoms with E-state index >= 15 is 0 Å². The molecule has 94 valence electrons. The highest BCUT2D eigenvalue weighted by molar-refractivity contribution is 7.86. The van der Waals surface area contributed by atoms with Crippen LogP contribution in [0.5, 0.6) is 5.75 Å². The Hall–Kier alpha value is -1.85. The molecule has 0 aromatic heterocycles. The minimum Gasteiger partial charge on any atom is -0.506 e. The number of phenolic OH excluding ortho intramolecular Hbond substituents is 1. The largest absolute Gasteiger partial charge is 0.506 e. The zero-order valence-electron chi connectivity index (χ0n) is 9.45. The van der Waals surface area contributed by atoms with Gasteiger partial charge in [-0.15, -0.1) is 0 Å². The SMILES string of the molecule is O=S(=O)(O)c1c(O)cccc1Cc1ccccc1. The second-order valence-corrected chi connectivity index (χ2v) is 5.26. The third-order valence-corrected chi connectivity index (χ3v) is 3.56. The first-order valence-corrected chi connectivity index (χ1v) is 6.75. The predicted octanol–water partition coefficient (Wildman–Crippen LogP) is 2.23. The molecular formula is C13H12O4S. The lowest BCUT2D eigenvalue weighted by Gasteiger charge is -2.08. The highest BCUT2D eigenvalue weighted by Crippen LogP contribution is 2.27. The summed E-state index contributed by atoms with van der Waals surface area (Å²) in [7, 11) is -4.43. The van der Waals surface area contributed by atoms with Crippen molar-refractivity contribution in [3.8, 4) is 5.75 Å². The maximum absolute atomic E-state index is 11.3. The van der Waals surface area contributed by atoms with E-state index in [2.05, 4.69) is 0 Å². The minimum absolute atomic E-state index is 0.324. The summed E-state index contributed by atoms with van der Waals surface area (Å²) in [5.41, 5.74) is 1.26. The van der Waals surface area contributed by atoms with Gasteiger partial charge in [0.05, 0.1) is 0 Å². The first kappa shape index (κ1) is 12.6. The Balaban J connectivity index is 2.50. The van der Waals surface area contributed by atoms with Gasteiger partial charge in [-0.2, -0.15) is 8.42 Å². The molecule has 0 saturated heterocycles. The molecular weight excluding hydrogens is 252 g/mol. The van der Waals surface area contributed by atoms with Gasteiger partial charge < -0.3 is 5.11 Å². The molecule has 0 spiro atoms. The fraction of sp³-hybridized carbons (Fsp3) is 0.0769. The lowest BCUT2D eigenvalue weighted by Crippen LogP contribution is -2.04. The molecule has 0 saturated carbocycles. The number of hydrogen-bond acceptors (Lipinski definition) is 3. The van der Waals surface area contributed by atoms with Crippen LogP contribution in [0.4, 0.5) is 0 Å². The number of rotatable bonds is 3. The Morgan fingerprint density at radius 1 is 0.944 bits per heavy atom. The molecule has 4 nitrogen and oxygen atoms in total. The Kier molecular flexibility index (Phi) is 3.36. The molecule has 0 amide bonds. The molecule has 0 aliphatic rings. The van der Waals surface area contributed by atoms with Gasteiger partial charge in [-0.25, -0.2) is 0 Å². The lowest BCUT2D eigenvalue weighted by molar-refractivity contribution is 0.441. The van der Waals surface area contributed by atoms with Crippen molar-refractivity contribution < 1.29 is 18.1 Å². The summed E-state index contributed by atoms with van der Waals surface area (Å²) in [4.78, 5) is -0.422. The van der Waals surface area contributed by atoms with Gasteiger partial charge in [-0.3, -0.25) is 4.55 Å². The van der Waals surface area contributed by atoms with Crippen molar-refractivity contribution in [3.63, 3.8) is 0 Å². The van der Waals surface area contributed by atoms with Crippen LogP contribution in [-0.4, -0.2) is 18.1 Å². The van der Waals surface area contributed by atoms with E-state index in [1.165, 1.54) is 6.07 Å². The van der Waals surface area contributed by atoms with E-state index < -0.39 is 20.8 Å². The van der Waals surface area contributed by atoms with Crippen molar-refractivity contribution in [2.75, 3.05) is 0 Å². The summed E-state index contributed by atoms with van der Waals surface area (Å²) in [6.45, 7) is 0. The molecule has 0 fully saturated rings. The van der Waals surface area contributed by atoms with Crippen molar-refractivity contribution in [3.05, 3.63) is 59.7 Å². The van der Waals surface area contributed by atoms with E-state index in [0.29, 0.717) is 12.0 Å². The summed E-state index contributed by atoms with van der Waals surface area (Å²) in [6, 6.07) is 13.6. The monoisotopic (exact) mass is 264 g/mol. The molecule has 18 heavy (non-hydrogen) atoms. The van der Waals surface area contributed by atoms with E-state index in [9.17, 15) is 13.5 Å². The third kappa shape index (κ3) is 2.69. The molecule has 0 radical (unpaired) electrons. The molecule has 2 rings (SSSR count). The normalized spacial score (nSPS) is 11.4. The topological polar surface area (TPSA) is 74.6 Å². The fourth-order valence-electron chi connectivity index (χ4n) is 1.82. The van der Waals surface area contributed by atoms with Gasteiger partial charge in [-0.05, 0) is 23.6 Å². The molecule has 0 unspecified atom stereocenters. The van der Waals surface area contributed by atoms with Crippen LogP contribution in [0.3, 0.4) is 0 Å². The van der Waals surface area contributed by atoms with Gasteiger partial charge in [0, 0.05) is 0 Å². The average Bonchev–Trinajstić information content (AvgIpc) is 2.28. The Bertz CT molecular complexity index is 648. The van der Waals surface area contributed by atoms with Crippen LogP contribution >= 0.6 is 0 Å². The number of phenols is 1. The fourth-order valence-corrected chi connectivity index (χ4v) is 2.63. The summed E-state index contributed by atoms with van der Waals surface area (Å²) in [5, 5.41) is 9.57. The first-order valence-electron chi connectivity index (χ1n) is 5.31. The predicted molar refractivity (Wildman–Crippen MR) is 67.2 cm³/mol. The van der Waals surface area contributed by atoms with Crippen LogP contribution in [-0.2, 0) is 16.5 Å². The maximum Gasteiger partial charge on any atom is 0.298 e. The van der Waals surface area contributed by atoms with E-state index in [1.807, 2.05) is 30.3 Å². The summed E-state index contributed by atoms with van der Waals surface area (Å²) < 4.78 is 31.7. The van der Waals surface area contributed by atoms with E-state index in [-0.39, 0.29) is 0 Å². The van der Waals surface area contributed by atoms with Gasteiger partial charge >= 0.3 is 0 Å². The molecule has 0 atom stereocenters. The van der Waals surface area contributed by atoms with Crippen molar-refractivity contribution in [2.24, 2.45) is 0 Å². The van der Waals surface area contributed by atoms with Gasteiger partial charge in [0.1, 0.15) is 10.6 Å². The van der Waals surface area contributed by atoms with Crippen LogP contribution < -0.4 is 0 Å². The highest BCUT2D eigenvalue weighted by Gasteiger charge is 2.20. The Morgan fingerprint density at radius 2 is 1.61 bits per heavy atom. The second kappa shape index (κ2) is 4.80. The molecule has 0 aliphatic heterocycles. The van der Waals surface area contributed by atoms with Gasteiger partial charge in [0.25, 0.3) is 10.1 Å². The molecule has 0 bridgehead atoms. The lowest BCUT2D eigenvalue weighted by atomic mass is 10.0. The van der Waals surface area contributed by atoms with Crippen molar-refractivity contribution in [1.29, 1.82) is 0 Å². The molecule has 0 aliphatic carbocycles. The minimum atomic E-state index is -4.43. The summed E-state index contributed by atoms with van der Waals surface area (Å²) in [5.74, 6) is -0.439. The average molecular weight is 264 g/mol. The molecule has 2 aromatic rings. The maximum atomic E-state index is 11.3. The summed E-state index contributed by atoms with van der Waals surface area (Å²) in [6.07, 6.45) is 0.324. The first-order chi connectivity index (χ1) is 8.48. The van der Waals surface area contributed by atoms with Crippen LogP contribution in [0.15, 0.2) is 53.4 Å². The number of hydrogen-bond donors (Lipinski definition) is 2. The number of aromatic hydroxyl groups is 1. The Morgan fingerprint density at radius 3 is 2.22 bits per heavy atom. The zero-order chi connectivity index (χ0) is 13.2.